The van der Waals surface area contributed by atoms with Gasteiger partial charge in [-0.3, -0.25) is 0 Å². The summed E-state index contributed by atoms with van der Waals surface area (Å²) in [6, 6.07) is 0. The lowest BCUT2D eigenvalue weighted by molar-refractivity contribution is 0.179. The van der Waals surface area contributed by atoms with Gasteiger partial charge in [-0.1, -0.05) is 17.7 Å². The minimum atomic E-state index is 0.406. The van der Waals surface area contributed by atoms with Crippen molar-refractivity contribution in [1.29, 1.82) is 0 Å². The molecule has 36 valence electrons. The van der Waals surface area contributed by atoms with Crippen LogP contribution in [0.5, 0.6) is 0 Å². The van der Waals surface area contributed by atoms with Crippen molar-refractivity contribution >= 4 is 11.6 Å². The molecule has 3 heteroatoms. The summed E-state index contributed by atoms with van der Waals surface area (Å²) in [4.78, 5) is 0. The van der Waals surface area contributed by atoms with E-state index in [0.29, 0.717) is 6.54 Å². The Morgan fingerprint density at radius 2 is 2.50 bits per heavy atom. The third-order valence-electron chi connectivity index (χ3n) is 0.298. The van der Waals surface area contributed by atoms with Gasteiger partial charge >= 0.3 is 0 Å². The van der Waals surface area contributed by atoms with Crippen molar-refractivity contribution in [2.24, 2.45) is 0 Å². The van der Waals surface area contributed by atoms with Gasteiger partial charge in [-0.05, 0) is 0 Å². The van der Waals surface area contributed by atoms with E-state index in [1.165, 1.54) is 5.54 Å². The lowest BCUT2D eigenvalue weighted by Crippen LogP contribution is -2.04. The first-order valence-electron chi connectivity index (χ1n) is 1.54. The van der Waals surface area contributed by atoms with Crippen LogP contribution in [0.3, 0.4) is 0 Å². The Morgan fingerprint density at radius 1 is 1.83 bits per heavy atom. The molecule has 0 aliphatic rings. The summed E-state index contributed by atoms with van der Waals surface area (Å²) in [5, 5.41) is 7.84. The Kier molecular flexibility index (Phi) is 4.91. The molecule has 2 N–H and O–H groups in total. The van der Waals surface area contributed by atoms with E-state index in [4.69, 9.17) is 16.8 Å². The van der Waals surface area contributed by atoms with Gasteiger partial charge < -0.3 is 5.21 Å². The number of rotatable bonds is 2. The average molecular weight is 108 g/mol. The summed E-state index contributed by atoms with van der Waals surface area (Å²) in [5.74, 6) is 0. The van der Waals surface area contributed by atoms with E-state index in [2.05, 4.69) is 0 Å². The van der Waals surface area contributed by atoms with Crippen LogP contribution in [-0.4, -0.2) is 11.8 Å². The van der Waals surface area contributed by atoms with Gasteiger partial charge in [-0.25, -0.2) is 5.48 Å². The Labute approximate surface area is 41.4 Å². The molecule has 2 nitrogen and oxygen atoms in total. The SMILES string of the molecule is ONC/C=C/Cl. The van der Waals surface area contributed by atoms with Crippen LogP contribution in [0, 0.1) is 0 Å². The summed E-state index contributed by atoms with van der Waals surface area (Å²) in [6.45, 7) is 0.406. The van der Waals surface area contributed by atoms with Gasteiger partial charge in [0.2, 0.25) is 0 Å². The van der Waals surface area contributed by atoms with Crippen molar-refractivity contribution in [3.8, 4) is 0 Å². The molecule has 0 aliphatic carbocycles. The molecule has 0 bridgehead atoms. The second-order valence-electron chi connectivity index (χ2n) is 0.724. The van der Waals surface area contributed by atoms with Gasteiger partial charge in [0.1, 0.15) is 0 Å². The number of hydrogen-bond acceptors (Lipinski definition) is 2. The van der Waals surface area contributed by atoms with Crippen molar-refractivity contribution in [3.63, 3.8) is 0 Å². The summed E-state index contributed by atoms with van der Waals surface area (Å²) in [7, 11) is 0. The van der Waals surface area contributed by atoms with Crippen LogP contribution in [-0.2, 0) is 0 Å². The van der Waals surface area contributed by atoms with Crippen molar-refractivity contribution in [1.82, 2.24) is 5.48 Å². The maximum absolute atomic E-state index is 7.84. The van der Waals surface area contributed by atoms with E-state index < -0.39 is 0 Å². The average Bonchev–Trinajstić information content (AvgIpc) is 1.61. The zero-order valence-corrected chi connectivity index (χ0v) is 3.94. The first-order valence-corrected chi connectivity index (χ1v) is 1.97. The molecule has 0 amide bonds. The highest BCUT2D eigenvalue weighted by molar-refractivity contribution is 6.25. The standard InChI is InChI=1S/C3H6ClNO/c4-2-1-3-5-6/h1-2,5-6H,3H2/b2-1+. The molecule has 6 heavy (non-hydrogen) atoms. The third kappa shape index (κ3) is 3.95. The van der Waals surface area contributed by atoms with E-state index in [1.807, 2.05) is 5.48 Å². The van der Waals surface area contributed by atoms with Crippen molar-refractivity contribution in [3.05, 3.63) is 11.6 Å². The van der Waals surface area contributed by atoms with Gasteiger partial charge in [0.05, 0.1) is 0 Å². The molecule has 0 fully saturated rings. The number of nitrogens with one attached hydrogen (secondary N) is 1. The van der Waals surface area contributed by atoms with Gasteiger partial charge in [-0.15, -0.1) is 0 Å². The molecule has 0 radical (unpaired) electrons. The van der Waals surface area contributed by atoms with Crippen LogP contribution in [0.1, 0.15) is 0 Å². The highest BCUT2D eigenvalue weighted by Gasteiger charge is 1.63. The Balaban J connectivity index is 2.66. The van der Waals surface area contributed by atoms with Crippen LogP contribution in [0.15, 0.2) is 11.6 Å². The normalized spacial score (nSPS) is 10.3. The molecule has 0 rings (SSSR count). The second kappa shape index (κ2) is 4.95. The Hall–Kier alpha value is -0.0500. The zero-order valence-electron chi connectivity index (χ0n) is 3.19. The van der Waals surface area contributed by atoms with Crippen LogP contribution in [0.4, 0.5) is 0 Å². The lowest BCUT2D eigenvalue weighted by atomic mass is 10.7. The van der Waals surface area contributed by atoms with Crippen LogP contribution < -0.4 is 5.48 Å². The summed E-state index contributed by atoms with van der Waals surface area (Å²) in [5.41, 5.74) is 3.23. The Bertz CT molecular complexity index is 46.1. The highest BCUT2D eigenvalue weighted by atomic mass is 35.5. The number of hydrogen-bond donors (Lipinski definition) is 2. The summed E-state index contributed by atoms with van der Waals surface area (Å²) >= 11 is 5.05. The lowest BCUT2D eigenvalue weighted by Gasteiger charge is -1.80. The first kappa shape index (κ1) is 5.95. The van der Waals surface area contributed by atoms with E-state index in [1.54, 1.807) is 6.08 Å². The van der Waals surface area contributed by atoms with Gasteiger partial charge in [0, 0.05) is 12.1 Å². The fourth-order valence-electron chi connectivity index (χ4n) is 0.0972. The quantitative estimate of drug-likeness (QED) is 0.510. The smallest absolute Gasteiger partial charge is 0.0399 e. The highest BCUT2D eigenvalue weighted by Crippen LogP contribution is 1.72. The summed E-state index contributed by atoms with van der Waals surface area (Å²) in [6.07, 6.45) is 1.58. The molecular weight excluding hydrogens is 101 g/mol. The maximum Gasteiger partial charge on any atom is 0.0399 e. The molecule has 0 saturated carbocycles. The third-order valence-corrected chi connectivity index (χ3v) is 0.476. The molecule has 0 heterocycles. The predicted octanol–water partition coefficient (Wildman–Crippen LogP) is 0.718. The van der Waals surface area contributed by atoms with Gasteiger partial charge in [0.25, 0.3) is 0 Å². The number of hydroxylamine groups is 1. The molecular formula is C3H6ClNO. The monoisotopic (exact) mass is 107 g/mol. The van der Waals surface area contributed by atoms with Crippen LogP contribution in [0.2, 0.25) is 0 Å². The molecule has 0 aromatic rings. The van der Waals surface area contributed by atoms with Crippen LogP contribution >= 0.6 is 11.6 Å². The van der Waals surface area contributed by atoms with Crippen molar-refractivity contribution in [2.75, 3.05) is 6.54 Å². The predicted molar refractivity (Wildman–Crippen MR) is 24.8 cm³/mol. The van der Waals surface area contributed by atoms with Crippen LogP contribution in [0.25, 0.3) is 0 Å². The largest absolute Gasteiger partial charge is 0.317 e. The molecule has 0 aromatic carbocycles. The first-order chi connectivity index (χ1) is 2.91. The van der Waals surface area contributed by atoms with E-state index in [9.17, 15) is 0 Å². The topological polar surface area (TPSA) is 32.3 Å². The fraction of sp³-hybridized carbons (Fsp3) is 0.333. The molecule has 0 unspecified atom stereocenters. The second-order valence-corrected chi connectivity index (χ2v) is 0.976. The molecule has 0 aromatic heterocycles. The van der Waals surface area contributed by atoms with Gasteiger partial charge in [-0.2, -0.15) is 0 Å². The van der Waals surface area contributed by atoms with E-state index >= 15 is 0 Å². The molecule has 0 aliphatic heterocycles. The minimum Gasteiger partial charge on any atom is -0.317 e. The zero-order chi connectivity index (χ0) is 4.83. The molecule has 0 spiro atoms. The van der Waals surface area contributed by atoms with E-state index in [0.717, 1.165) is 0 Å². The fourth-order valence-corrected chi connectivity index (χ4v) is 0.186. The molecule has 0 atom stereocenters. The molecule has 0 saturated heterocycles. The van der Waals surface area contributed by atoms with Gasteiger partial charge in [0.15, 0.2) is 0 Å². The minimum absolute atomic E-state index is 0.406. The van der Waals surface area contributed by atoms with E-state index in [-0.39, 0.29) is 0 Å². The van der Waals surface area contributed by atoms with Crippen molar-refractivity contribution in [2.45, 2.75) is 0 Å². The summed E-state index contributed by atoms with van der Waals surface area (Å²) < 4.78 is 0. The van der Waals surface area contributed by atoms with Crippen molar-refractivity contribution < 1.29 is 5.21 Å². The Morgan fingerprint density at radius 3 is 2.67 bits per heavy atom. The number of halogens is 1. The maximum atomic E-state index is 7.84.